The third-order valence-electron chi connectivity index (χ3n) is 2.49. The van der Waals surface area contributed by atoms with Crippen LogP contribution in [0.4, 0.5) is 0 Å². The fourth-order valence-corrected chi connectivity index (χ4v) is 1.73. The Balaban J connectivity index is 2.55. The number of carbonyl (C=O) groups excluding carboxylic acids is 1. The molecule has 86 valence electrons. The van der Waals surface area contributed by atoms with Gasteiger partial charge in [0.15, 0.2) is 13.1 Å². The second-order valence-electron chi connectivity index (χ2n) is 3.47. The van der Waals surface area contributed by atoms with Gasteiger partial charge in [-0.3, -0.25) is 4.79 Å². The Kier molecular flexibility index (Phi) is 3.52. The van der Waals surface area contributed by atoms with Gasteiger partial charge < -0.3 is 9.84 Å². The van der Waals surface area contributed by atoms with Crippen LogP contribution in [0.3, 0.4) is 0 Å². The van der Waals surface area contributed by atoms with Crippen molar-refractivity contribution in [3.8, 4) is 16.9 Å². The minimum absolute atomic E-state index is 0.389. The summed E-state index contributed by atoms with van der Waals surface area (Å²) in [5, 5.41) is 8.83. The van der Waals surface area contributed by atoms with Crippen molar-refractivity contribution in [1.29, 1.82) is 0 Å². The van der Waals surface area contributed by atoms with E-state index in [0.717, 1.165) is 17.4 Å². The second kappa shape index (κ2) is 5.27. The van der Waals surface area contributed by atoms with Gasteiger partial charge in [0, 0.05) is 11.1 Å². The van der Waals surface area contributed by atoms with E-state index in [0.29, 0.717) is 11.3 Å². The highest BCUT2D eigenvalue weighted by Gasteiger charge is 2.08. The van der Waals surface area contributed by atoms with E-state index in [1.165, 1.54) is 0 Å². The van der Waals surface area contributed by atoms with E-state index in [-0.39, 0.29) is 6.79 Å². The first-order valence-corrected chi connectivity index (χ1v) is 5.24. The molecule has 17 heavy (non-hydrogen) atoms. The van der Waals surface area contributed by atoms with Crippen molar-refractivity contribution in [2.75, 3.05) is 6.79 Å². The van der Waals surface area contributed by atoms with Crippen molar-refractivity contribution in [2.45, 2.75) is 0 Å². The number of hydrogen-bond donors (Lipinski definition) is 1. The molecule has 0 radical (unpaired) electrons. The van der Waals surface area contributed by atoms with Gasteiger partial charge in [-0.05, 0) is 11.6 Å². The number of benzene rings is 2. The Morgan fingerprint density at radius 1 is 1.00 bits per heavy atom. The molecule has 0 fully saturated rings. The molecule has 0 atom stereocenters. The summed E-state index contributed by atoms with van der Waals surface area (Å²) in [5.74, 6) is 0.560. The van der Waals surface area contributed by atoms with Gasteiger partial charge >= 0.3 is 0 Å². The summed E-state index contributed by atoms with van der Waals surface area (Å²) in [5.41, 5.74) is 2.19. The molecule has 0 aliphatic rings. The molecule has 0 saturated heterocycles. The van der Waals surface area contributed by atoms with Crippen molar-refractivity contribution in [2.24, 2.45) is 0 Å². The normalized spacial score (nSPS) is 9.94. The second-order valence-corrected chi connectivity index (χ2v) is 3.47. The molecule has 0 heterocycles. The van der Waals surface area contributed by atoms with Crippen LogP contribution in [-0.2, 0) is 0 Å². The smallest absolute Gasteiger partial charge is 0.186 e. The van der Waals surface area contributed by atoms with E-state index >= 15 is 0 Å². The predicted molar refractivity (Wildman–Crippen MR) is 65.0 cm³/mol. The Bertz CT molecular complexity index is 520. The van der Waals surface area contributed by atoms with E-state index in [9.17, 15) is 4.79 Å². The quantitative estimate of drug-likeness (QED) is 0.646. The maximum Gasteiger partial charge on any atom is 0.186 e. The standard InChI is InChI=1S/C14H12O3/c15-9-11-5-1-2-6-12(11)13-7-3-4-8-14(13)17-10-16/h1-9,16H,10H2. The Hall–Kier alpha value is -2.13. The number of carbonyl (C=O) groups is 1. The fraction of sp³-hybridized carbons (Fsp3) is 0.0714. The van der Waals surface area contributed by atoms with Gasteiger partial charge in [-0.2, -0.15) is 0 Å². The van der Waals surface area contributed by atoms with Crippen LogP contribution in [-0.4, -0.2) is 18.2 Å². The van der Waals surface area contributed by atoms with Gasteiger partial charge in [-0.25, -0.2) is 0 Å². The van der Waals surface area contributed by atoms with Crippen LogP contribution >= 0.6 is 0 Å². The van der Waals surface area contributed by atoms with Gasteiger partial charge in [0.25, 0.3) is 0 Å². The molecule has 3 heteroatoms. The first kappa shape index (κ1) is 11.4. The molecule has 2 aromatic carbocycles. The van der Waals surface area contributed by atoms with Crippen molar-refractivity contribution < 1.29 is 14.6 Å². The number of hydrogen-bond acceptors (Lipinski definition) is 3. The van der Waals surface area contributed by atoms with Gasteiger partial charge in [0.2, 0.25) is 0 Å². The highest BCUT2D eigenvalue weighted by molar-refractivity contribution is 5.89. The van der Waals surface area contributed by atoms with Crippen LogP contribution in [0.2, 0.25) is 0 Å². The van der Waals surface area contributed by atoms with Crippen molar-refractivity contribution in [3.05, 3.63) is 54.1 Å². The van der Waals surface area contributed by atoms with Crippen LogP contribution in [0.1, 0.15) is 10.4 Å². The van der Waals surface area contributed by atoms with Crippen molar-refractivity contribution >= 4 is 6.29 Å². The lowest BCUT2D eigenvalue weighted by atomic mass is 10.00. The van der Waals surface area contributed by atoms with Crippen LogP contribution in [0.5, 0.6) is 5.75 Å². The average Bonchev–Trinajstić information content (AvgIpc) is 2.40. The first-order valence-electron chi connectivity index (χ1n) is 5.24. The van der Waals surface area contributed by atoms with Crippen LogP contribution < -0.4 is 4.74 Å². The van der Waals surface area contributed by atoms with Gasteiger partial charge in [0.1, 0.15) is 5.75 Å². The van der Waals surface area contributed by atoms with Gasteiger partial charge in [-0.15, -0.1) is 0 Å². The summed E-state index contributed by atoms with van der Waals surface area (Å²) in [6.45, 7) is -0.389. The third kappa shape index (κ3) is 2.34. The molecule has 3 nitrogen and oxygen atoms in total. The Labute approximate surface area is 99.3 Å². The molecule has 2 rings (SSSR count). The molecule has 1 N–H and O–H groups in total. The maximum atomic E-state index is 11.0. The summed E-state index contributed by atoms with van der Waals surface area (Å²) in [6.07, 6.45) is 0.811. The maximum absolute atomic E-state index is 11.0. The Morgan fingerprint density at radius 2 is 1.65 bits per heavy atom. The van der Waals surface area contributed by atoms with Crippen molar-refractivity contribution in [3.63, 3.8) is 0 Å². The first-order chi connectivity index (χ1) is 8.36. The van der Waals surface area contributed by atoms with Crippen LogP contribution in [0, 0.1) is 0 Å². The lowest BCUT2D eigenvalue weighted by Gasteiger charge is -2.10. The summed E-state index contributed by atoms with van der Waals surface area (Å²) < 4.78 is 5.13. The van der Waals surface area contributed by atoms with E-state index in [4.69, 9.17) is 9.84 Å². The van der Waals surface area contributed by atoms with Crippen LogP contribution in [0.25, 0.3) is 11.1 Å². The number of aldehydes is 1. The summed E-state index contributed by atoms with van der Waals surface area (Å²) in [6, 6.07) is 14.6. The number of ether oxygens (including phenoxy) is 1. The number of aliphatic hydroxyl groups excluding tert-OH is 1. The molecular formula is C14H12O3. The molecule has 0 unspecified atom stereocenters. The fourth-order valence-electron chi connectivity index (χ4n) is 1.73. The van der Waals surface area contributed by atoms with E-state index in [1.54, 1.807) is 12.1 Å². The van der Waals surface area contributed by atoms with Gasteiger partial charge in [-0.1, -0.05) is 42.5 Å². The summed E-state index contributed by atoms with van der Waals surface area (Å²) >= 11 is 0. The molecule has 2 aromatic rings. The average molecular weight is 228 g/mol. The van der Waals surface area contributed by atoms with E-state index in [2.05, 4.69) is 0 Å². The number of para-hydroxylation sites is 1. The predicted octanol–water partition coefficient (Wildman–Crippen LogP) is 2.49. The largest absolute Gasteiger partial charge is 0.467 e. The topological polar surface area (TPSA) is 46.5 Å². The lowest BCUT2D eigenvalue weighted by Crippen LogP contribution is -1.97. The molecule has 0 amide bonds. The van der Waals surface area contributed by atoms with Gasteiger partial charge in [0.05, 0.1) is 0 Å². The molecule has 0 aliphatic carbocycles. The highest BCUT2D eigenvalue weighted by atomic mass is 16.6. The molecule has 0 aromatic heterocycles. The minimum Gasteiger partial charge on any atom is -0.467 e. The molecule has 0 saturated carbocycles. The zero-order chi connectivity index (χ0) is 12.1. The number of rotatable bonds is 4. The highest BCUT2D eigenvalue weighted by Crippen LogP contribution is 2.31. The third-order valence-corrected chi connectivity index (χ3v) is 2.49. The lowest BCUT2D eigenvalue weighted by molar-refractivity contribution is 0.0991. The van der Waals surface area contributed by atoms with Crippen LogP contribution in [0.15, 0.2) is 48.5 Å². The van der Waals surface area contributed by atoms with Crippen molar-refractivity contribution in [1.82, 2.24) is 0 Å². The summed E-state index contributed by atoms with van der Waals surface area (Å²) in [4.78, 5) is 11.0. The molecule has 0 bridgehead atoms. The zero-order valence-electron chi connectivity index (χ0n) is 9.17. The monoisotopic (exact) mass is 228 g/mol. The van der Waals surface area contributed by atoms with E-state index < -0.39 is 0 Å². The molecular weight excluding hydrogens is 216 g/mol. The number of aliphatic hydroxyl groups is 1. The zero-order valence-corrected chi connectivity index (χ0v) is 9.17. The summed E-state index contributed by atoms with van der Waals surface area (Å²) in [7, 11) is 0. The minimum atomic E-state index is -0.389. The van der Waals surface area contributed by atoms with E-state index in [1.807, 2.05) is 36.4 Å². The molecule has 0 spiro atoms. The molecule has 0 aliphatic heterocycles. The Morgan fingerprint density at radius 3 is 2.35 bits per heavy atom. The SMILES string of the molecule is O=Cc1ccccc1-c1ccccc1OCO.